The number of hydrogen-bond donors (Lipinski definition) is 1. The first-order chi connectivity index (χ1) is 7.93. The van der Waals surface area contributed by atoms with Gasteiger partial charge >= 0.3 is 0 Å². The van der Waals surface area contributed by atoms with Gasteiger partial charge in [-0.25, -0.2) is 0 Å². The van der Waals surface area contributed by atoms with E-state index in [2.05, 4.69) is 28.4 Å². The number of rotatable bonds is 2. The van der Waals surface area contributed by atoms with E-state index in [4.69, 9.17) is 4.74 Å². The van der Waals surface area contributed by atoms with Crippen LogP contribution in [0.3, 0.4) is 0 Å². The molecule has 17 heavy (non-hydrogen) atoms. The number of nitrogens with zero attached hydrogens (tertiary/aromatic N) is 1. The fourth-order valence-corrected chi connectivity index (χ4v) is 2.55. The van der Waals surface area contributed by atoms with Gasteiger partial charge in [-0.1, -0.05) is 18.2 Å². The van der Waals surface area contributed by atoms with Crippen molar-refractivity contribution < 1.29 is 4.74 Å². The molecule has 0 aliphatic carbocycles. The van der Waals surface area contributed by atoms with Crippen LogP contribution in [0, 0.1) is 0 Å². The zero-order valence-electron chi connectivity index (χ0n) is 9.95. The van der Waals surface area contributed by atoms with Crippen molar-refractivity contribution in [2.45, 2.75) is 19.6 Å². The van der Waals surface area contributed by atoms with Gasteiger partial charge < -0.3 is 10.1 Å². The number of halogens is 1. The highest BCUT2D eigenvalue weighted by Gasteiger charge is 2.16. The molecule has 94 valence electrons. The predicted octanol–water partition coefficient (Wildman–Crippen LogP) is 1.54. The lowest BCUT2D eigenvalue weighted by Gasteiger charge is -2.27. The van der Waals surface area contributed by atoms with Gasteiger partial charge in [0.2, 0.25) is 0 Å². The van der Waals surface area contributed by atoms with Crippen molar-refractivity contribution in [2.75, 3.05) is 26.3 Å². The summed E-state index contributed by atoms with van der Waals surface area (Å²) in [6, 6.07) is 6.68. The van der Waals surface area contributed by atoms with Crippen LogP contribution in [0.4, 0.5) is 0 Å². The third-order valence-corrected chi connectivity index (χ3v) is 3.48. The Kier molecular flexibility index (Phi) is 4.40. The summed E-state index contributed by atoms with van der Waals surface area (Å²) in [5.41, 5.74) is 4.49. The summed E-state index contributed by atoms with van der Waals surface area (Å²) in [5.74, 6) is 0. The smallest absolute Gasteiger partial charge is 0.0594 e. The van der Waals surface area contributed by atoms with Crippen LogP contribution < -0.4 is 5.32 Å². The van der Waals surface area contributed by atoms with Crippen LogP contribution in [0.15, 0.2) is 18.2 Å². The normalized spacial score (nSPS) is 19.8. The molecule has 0 bridgehead atoms. The van der Waals surface area contributed by atoms with E-state index in [0.717, 1.165) is 45.9 Å². The van der Waals surface area contributed by atoms with Crippen molar-refractivity contribution in [1.82, 2.24) is 10.2 Å². The van der Waals surface area contributed by atoms with Crippen LogP contribution in [0.25, 0.3) is 0 Å². The predicted molar refractivity (Wildman–Crippen MR) is 70.3 cm³/mol. The topological polar surface area (TPSA) is 24.5 Å². The Morgan fingerprint density at radius 3 is 2.82 bits per heavy atom. The molecule has 0 saturated carbocycles. The highest BCUT2D eigenvalue weighted by molar-refractivity contribution is 5.85. The lowest BCUT2D eigenvalue weighted by molar-refractivity contribution is 0.0341. The third kappa shape index (κ3) is 2.80. The van der Waals surface area contributed by atoms with Crippen molar-refractivity contribution in [3.05, 3.63) is 34.9 Å². The maximum atomic E-state index is 5.38. The first-order valence-corrected chi connectivity index (χ1v) is 6.04. The lowest BCUT2D eigenvalue weighted by Crippen LogP contribution is -2.35. The summed E-state index contributed by atoms with van der Waals surface area (Å²) in [6.07, 6.45) is 0. The van der Waals surface area contributed by atoms with Crippen LogP contribution in [0.5, 0.6) is 0 Å². The second kappa shape index (κ2) is 5.83. The number of benzene rings is 1. The van der Waals surface area contributed by atoms with E-state index < -0.39 is 0 Å². The van der Waals surface area contributed by atoms with Crippen molar-refractivity contribution in [1.29, 1.82) is 0 Å². The van der Waals surface area contributed by atoms with Gasteiger partial charge in [0, 0.05) is 32.7 Å². The number of fused-ring (bicyclic) bond motifs is 1. The highest BCUT2D eigenvalue weighted by Crippen LogP contribution is 2.21. The first-order valence-electron chi connectivity index (χ1n) is 6.04. The summed E-state index contributed by atoms with van der Waals surface area (Å²) in [4.78, 5) is 2.48. The molecule has 0 radical (unpaired) electrons. The number of nitrogens with one attached hydrogen (secondary N) is 1. The molecule has 2 heterocycles. The fraction of sp³-hybridized carbons (Fsp3) is 0.538. The molecule has 0 atom stereocenters. The zero-order valence-corrected chi connectivity index (χ0v) is 10.8. The summed E-state index contributed by atoms with van der Waals surface area (Å²) in [7, 11) is 0. The van der Waals surface area contributed by atoms with E-state index in [1.807, 2.05) is 0 Å². The SMILES string of the molecule is Cl.c1cc2c(c(CN3CCOCC3)c1)CNC2. The van der Waals surface area contributed by atoms with Crippen molar-refractivity contribution >= 4 is 12.4 Å². The molecule has 2 aliphatic rings. The molecule has 2 aliphatic heterocycles. The Hall–Kier alpha value is -0.610. The monoisotopic (exact) mass is 254 g/mol. The number of morpholine rings is 1. The Morgan fingerprint density at radius 1 is 1.18 bits per heavy atom. The minimum atomic E-state index is 0. The largest absolute Gasteiger partial charge is 0.379 e. The average molecular weight is 255 g/mol. The molecule has 1 aromatic carbocycles. The molecule has 1 fully saturated rings. The van der Waals surface area contributed by atoms with E-state index in [-0.39, 0.29) is 12.4 Å². The van der Waals surface area contributed by atoms with Crippen LogP contribution in [0.1, 0.15) is 16.7 Å². The maximum Gasteiger partial charge on any atom is 0.0594 e. The maximum absolute atomic E-state index is 5.38. The van der Waals surface area contributed by atoms with Gasteiger partial charge in [-0.2, -0.15) is 0 Å². The van der Waals surface area contributed by atoms with Crippen molar-refractivity contribution in [3.63, 3.8) is 0 Å². The zero-order chi connectivity index (χ0) is 10.8. The molecule has 1 aromatic rings. The minimum Gasteiger partial charge on any atom is -0.379 e. The van der Waals surface area contributed by atoms with Gasteiger partial charge in [0.15, 0.2) is 0 Å². The number of ether oxygens (including phenoxy) is 1. The van der Waals surface area contributed by atoms with Crippen molar-refractivity contribution in [2.24, 2.45) is 0 Å². The summed E-state index contributed by atoms with van der Waals surface area (Å²) < 4.78 is 5.38. The fourth-order valence-electron chi connectivity index (χ4n) is 2.55. The minimum absolute atomic E-state index is 0. The van der Waals surface area contributed by atoms with Gasteiger partial charge in [-0.3, -0.25) is 4.90 Å². The summed E-state index contributed by atoms with van der Waals surface area (Å²) in [6.45, 7) is 7.05. The second-order valence-electron chi connectivity index (χ2n) is 4.55. The Morgan fingerprint density at radius 2 is 2.00 bits per heavy atom. The highest BCUT2D eigenvalue weighted by atomic mass is 35.5. The van der Waals surface area contributed by atoms with Gasteiger partial charge in [-0.05, 0) is 16.7 Å². The van der Waals surface area contributed by atoms with Crippen LogP contribution in [-0.2, 0) is 24.4 Å². The van der Waals surface area contributed by atoms with E-state index in [1.54, 1.807) is 0 Å². The molecule has 1 N–H and O–H groups in total. The Labute approximate surface area is 109 Å². The molecule has 4 heteroatoms. The third-order valence-electron chi connectivity index (χ3n) is 3.48. The van der Waals surface area contributed by atoms with Gasteiger partial charge in [0.1, 0.15) is 0 Å². The Balaban J connectivity index is 0.00000108. The van der Waals surface area contributed by atoms with E-state index >= 15 is 0 Å². The molecule has 0 amide bonds. The molecule has 0 spiro atoms. The molecule has 0 unspecified atom stereocenters. The van der Waals surface area contributed by atoms with Gasteiger partial charge in [0.05, 0.1) is 13.2 Å². The lowest BCUT2D eigenvalue weighted by atomic mass is 10.0. The second-order valence-corrected chi connectivity index (χ2v) is 4.55. The molecule has 3 nitrogen and oxygen atoms in total. The summed E-state index contributed by atoms with van der Waals surface area (Å²) >= 11 is 0. The summed E-state index contributed by atoms with van der Waals surface area (Å²) in [5, 5.41) is 3.42. The standard InChI is InChI=1S/C13H18N2O.ClH/c1-2-11-8-14-9-13(11)12(3-1)10-15-4-6-16-7-5-15;/h1-3,14H,4-10H2;1H. The molecule has 1 saturated heterocycles. The van der Waals surface area contributed by atoms with Crippen LogP contribution in [0.2, 0.25) is 0 Å². The van der Waals surface area contributed by atoms with E-state index in [9.17, 15) is 0 Å². The molecule has 0 aromatic heterocycles. The van der Waals surface area contributed by atoms with Gasteiger partial charge in [0.25, 0.3) is 0 Å². The van der Waals surface area contributed by atoms with Gasteiger partial charge in [-0.15, -0.1) is 12.4 Å². The van der Waals surface area contributed by atoms with E-state index in [0.29, 0.717) is 0 Å². The number of hydrogen-bond acceptors (Lipinski definition) is 3. The molecular weight excluding hydrogens is 236 g/mol. The van der Waals surface area contributed by atoms with Crippen molar-refractivity contribution in [3.8, 4) is 0 Å². The Bertz CT molecular complexity index is 378. The molecular formula is C13H19ClN2O. The molecule has 3 rings (SSSR count). The van der Waals surface area contributed by atoms with E-state index in [1.165, 1.54) is 16.7 Å². The van der Waals surface area contributed by atoms with Crippen LogP contribution >= 0.6 is 12.4 Å². The quantitative estimate of drug-likeness (QED) is 0.867. The van der Waals surface area contributed by atoms with Crippen LogP contribution in [-0.4, -0.2) is 31.2 Å². The first kappa shape index (κ1) is 12.8. The average Bonchev–Trinajstić information content (AvgIpc) is 2.80.